The van der Waals surface area contributed by atoms with Crippen molar-refractivity contribution in [2.45, 2.75) is 45.8 Å². The zero-order valence-electron chi connectivity index (χ0n) is 14.7. The summed E-state index contributed by atoms with van der Waals surface area (Å²) in [5.74, 6) is 0.914. The van der Waals surface area contributed by atoms with Gasteiger partial charge in [-0.25, -0.2) is 0 Å². The van der Waals surface area contributed by atoms with Gasteiger partial charge in [-0.15, -0.1) is 0 Å². The second-order valence-corrected chi connectivity index (χ2v) is 7.07. The molecule has 2 aromatic carbocycles. The molecule has 3 heteroatoms. The Hall–Kier alpha value is -2.13. The first-order valence-electron chi connectivity index (χ1n) is 8.70. The molecule has 24 heavy (non-hydrogen) atoms. The Morgan fingerprint density at radius 3 is 2.50 bits per heavy atom. The van der Waals surface area contributed by atoms with Crippen LogP contribution >= 0.6 is 0 Å². The summed E-state index contributed by atoms with van der Waals surface area (Å²) in [5.41, 5.74) is 4.50. The van der Waals surface area contributed by atoms with Gasteiger partial charge in [0.05, 0.1) is 0 Å². The minimum Gasteiger partial charge on any atom is -0.508 e. The number of aromatic hydroxyl groups is 1. The summed E-state index contributed by atoms with van der Waals surface area (Å²) in [7, 11) is 0. The molecule has 3 rings (SSSR count). The van der Waals surface area contributed by atoms with Gasteiger partial charge in [0.2, 0.25) is 0 Å². The van der Waals surface area contributed by atoms with E-state index in [2.05, 4.69) is 50.4 Å². The first-order chi connectivity index (χ1) is 11.5. The molecule has 0 spiro atoms. The maximum Gasteiger partial charge on any atom is 0.120 e. The summed E-state index contributed by atoms with van der Waals surface area (Å²) in [6.45, 7) is 6.53. The molecule has 2 atom stereocenters. The van der Waals surface area contributed by atoms with Crippen LogP contribution in [0.25, 0.3) is 0 Å². The lowest BCUT2D eigenvalue weighted by atomic mass is 9.93. The Labute approximate surface area is 144 Å². The molecule has 0 amide bonds. The van der Waals surface area contributed by atoms with Gasteiger partial charge in [-0.1, -0.05) is 61.9 Å². The molecule has 1 aliphatic heterocycles. The quantitative estimate of drug-likeness (QED) is 0.864. The van der Waals surface area contributed by atoms with Crippen molar-refractivity contribution < 1.29 is 5.11 Å². The van der Waals surface area contributed by atoms with Gasteiger partial charge < -0.3 is 5.11 Å². The van der Waals surface area contributed by atoms with Crippen molar-refractivity contribution >= 4 is 5.71 Å². The largest absolute Gasteiger partial charge is 0.508 e. The maximum absolute atomic E-state index is 10.2. The lowest BCUT2D eigenvalue weighted by molar-refractivity contribution is 0.363. The van der Waals surface area contributed by atoms with Gasteiger partial charge in [0, 0.05) is 23.7 Å². The number of hydrogen-bond acceptors (Lipinski definition) is 3. The normalized spacial score (nSPS) is 20.9. The van der Waals surface area contributed by atoms with E-state index >= 15 is 0 Å². The van der Waals surface area contributed by atoms with Crippen LogP contribution in [-0.2, 0) is 0 Å². The summed E-state index contributed by atoms with van der Waals surface area (Å²) < 4.78 is 0. The summed E-state index contributed by atoms with van der Waals surface area (Å²) in [6.07, 6.45) is 1.86. The molecule has 0 fully saturated rings. The monoisotopic (exact) mass is 322 g/mol. The number of phenols is 1. The summed E-state index contributed by atoms with van der Waals surface area (Å²) in [5, 5.41) is 13.8. The van der Waals surface area contributed by atoms with Crippen LogP contribution in [0.5, 0.6) is 5.75 Å². The fourth-order valence-electron chi connectivity index (χ4n) is 3.25. The van der Waals surface area contributed by atoms with Crippen molar-refractivity contribution in [2.75, 3.05) is 0 Å². The van der Waals surface area contributed by atoms with E-state index in [0.29, 0.717) is 11.7 Å². The molecule has 0 radical (unpaired) electrons. The van der Waals surface area contributed by atoms with Gasteiger partial charge in [-0.05, 0) is 30.9 Å². The predicted octanol–water partition coefficient (Wildman–Crippen LogP) is 4.60. The molecule has 1 heterocycles. The standard InChI is InChI=1S/C21H26N2O/c1-14(2)12-21-22-18(16-10-8-15(3)9-11-16)13-19(23-21)17-6-4-5-7-20(17)24/h4-11,14,19,21,23-24H,12-13H2,1-3H3. The van der Waals surface area contributed by atoms with Crippen molar-refractivity contribution in [3.05, 3.63) is 65.2 Å². The van der Waals surface area contributed by atoms with Crippen LogP contribution in [0.4, 0.5) is 0 Å². The first-order valence-corrected chi connectivity index (χ1v) is 8.70. The zero-order valence-corrected chi connectivity index (χ0v) is 14.7. The summed E-state index contributed by atoms with van der Waals surface area (Å²) in [4.78, 5) is 4.95. The molecule has 0 saturated heterocycles. The molecule has 3 nitrogen and oxygen atoms in total. The fourth-order valence-corrected chi connectivity index (χ4v) is 3.25. The highest BCUT2D eigenvalue weighted by Gasteiger charge is 2.26. The van der Waals surface area contributed by atoms with E-state index in [1.807, 2.05) is 18.2 Å². The number of nitrogens with zero attached hydrogens (tertiary/aromatic N) is 1. The summed E-state index contributed by atoms with van der Waals surface area (Å²) in [6, 6.07) is 16.2. The molecule has 2 aromatic rings. The third-order valence-electron chi connectivity index (χ3n) is 4.49. The van der Waals surface area contributed by atoms with E-state index in [0.717, 1.165) is 24.1 Å². The lowest BCUT2D eigenvalue weighted by Crippen LogP contribution is -2.39. The molecule has 0 aromatic heterocycles. The number of rotatable bonds is 4. The second kappa shape index (κ2) is 7.18. The lowest BCUT2D eigenvalue weighted by Gasteiger charge is -2.31. The minimum absolute atomic E-state index is 0.0830. The van der Waals surface area contributed by atoms with Gasteiger partial charge in [-0.2, -0.15) is 0 Å². The molecule has 0 aliphatic carbocycles. The van der Waals surface area contributed by atoms with Crippen molar-refractivity contribution in [1.82, 2.24) is 5.32 Å². The molecule has 0 saturated carbocycles. The SMILES string of the molecule is Cc1ccc(C2=NC(CC(C)C)NC(c3ccccc3O)C2)cc1. The van der Waals surface area contributed by atoms with Crippen LogP contribution in [0.2, 0.25) is 0 Å². The second-order valence-electron chi connectivity index (χ2n) is 7.07. The molecule has 126 valence electrons. The highest BCUT2D eigenvalue weighted by molar-refractivity contribution is 6.01. The van der Waals surface area contributed by atoms with Crippen molar-refractivity contribution in [3.8, 4) is 5.75 Å². The third-order valence-corrected chi connectivity index (χ3v) is 4.49. The van der Waals surface area contributed by atoms with Crippen LogP contribution < -0.4 is 5.32 Å². The molecule has 2 N–H and O–H groups in total. The number of nitrogens with one attached hydrogen (secondary N) is 1. The molecule has 2 unspecified atom stereocenters. The van der Waals surface area contributed by atoms with Crippen LogP contribution in [0.1, 0.15) is 49.4 Å². The van der Waals surface area contributed by atoms with Gasteiger partial charge in [0.15, 0.2) is 0 Å². The molecule has 0 bridgehead atoms. The van der Waals surface area contributed by atoms with Crippen LogP contribution in [0, 0.1) is 12.8 Å². The van der Waals surface area contributed by atoms with Crippen molar-refractivity contribution in [3.63, 3.8) is 0 Å². The van der Waals surface area contributed by atoms with Gasteiger partial charge in [-0.3, -0.25) is 10.3 Å². The number of hydrogen-bond donors (Lipinski definition) is 2. The van der Waals surface area contributed by atoms with E-state index < -0.39 is 0 Å². The van der Waals surface area contributed by atoms with Crippen LogP contribution in [-0.4, -0.2) is 17.0 Å². The third kappa shape index (κ3) is 3.85. The van der Waals surface area contributed by atoms with Crippen LogP contribution in [0.3, 0.4) is 0 Å². The average Bonchev–Trinajstić information content (AvgIpc) is 2.55. The number of aryl methyl sites for hydroxylation is 1. The Bertz CT molecular complexity index is 719. The topological polar surface area (TPSA) is 44.6 Å². The van der Waals surface area contributed by atoms with E-state index in [-0.39, 0.29) is 12.2 Å². The Balaban J connectivity index is 1.93. The molecular formula is C21H26N2O. The first kappa shape index (κ1) is 16.7. The maximum atomic E-state index is 10.2. The van der Waals surface area contributed by atoms with E-state index in [4.69, 9.17) is 4.99 Å². The Morgan fingerprint density at radius 2 is 1.83 bits per heavy atom. The van der Waals surface area contributed by atoms with E-state index in [1.54, 1.807) is 6.07 Å². The number of aliphatic imine (C=N–C) groups is 1. The highest BCUT2D eigenvalue weighted by Crippen LogP contribution is 2.31. The van der Waals surface area contributed by atoms with Crippen molar-refractivity contribution in [2.24, 2.45) is 10.9 Å². The average molecular weight is 322 g/mol. The summed E-state index contributed by atoms with van der Waals surface area (Å²) >= 11 is 0. The molecular weight excluding hydrogens is 296 g/mol. The zero-order chi connectivity index (χ0) is 17.1. The van der Waals surface area contributed by atoms with Gasteiger partial charge in [0.1, 0.15) is 11.9 Å². The Kier molecular flexibility index (Phi) is 5.00. The smallest absolute Gasteiger partial charge is 0.120 e. The van der Waals surface area contributed by atoms with Crippen molar-refractivity contribution in [1.29, 1.82) is 0 Å². The number of para-hydroxylation sites is 1. The molecule has 1 aliphatic rings. The predicted molar refractivity (Wildman–Crippen MR) is 99.6 cm³/mol. The van der Waals surface area contributed by atoms with Crippen LogP contribution in [0.15, 0.2) is 53.5 Å². The number of phenolic OH excluding ortho intramolecular Hbond substituents is 1. The fraction of sp³-hybridized carbons (Fsp3) is 0.381. The van der Waals surface area contributed by atoms with E-state index in [9.17, 15) is 5.11 Å². The number of benzene rings is 2. The van der Waals surface area contributed by atoms with Gasteiger partial charge >= 0.3 is 0 Å². The Morgan fingerprint density at radius 1 is 1.12 bits per heavy atom. The minimum atomic E-state index is 0.0830. The highest BCUT2D eigenvalue weighted by atomic mass is 16.3. The van der Waals surface area contributed by atoms with E-state index in [1.165, 1.54) is 11.1 Å². The van der Waals surface area contributed by atoms with Gasteiger partial charge in [0.25, 0.3) is 0 Å².